The highest BCUT2D eigenvalue weighted by Gasteiger charge is 2.23. The van der Waals surface area contributed by atoms with Gasteiger partial charge in [0.15, 0.2) is 9.84 Å². The average Bonchev–Trinajstić information content (AvgIpc) is 2.86. The Morgan fingerprint density at radius 2 is 2.05 bits per heavy atom. The number of ether oxygens (including phenoxy) is 1. The number of sulfone groups is 1. The minimum absolute atomic E-state index is 0.176. The molecular formula is C13H14N2O3S. The zero-order valence-corrected chi connectivity index (χ0v) is 11.3. The molecule has 2 heterocycles. The van der Waals surface area contributed by atoms with Gasteiger partial charge in [0.1, 0.15) is 6.10 Å². The second kappa shape index (κ2) is 4.47. The maximum Gasteiger partial charge on any atom is 0.175 e. The first kappa shape index (κ1) is 12.4. The van der Waals surface area contributed by atoms with E-state index in [1.54, 1.807) is 36.8 Å². The zero-order chi connectivity index (χ0) is 13.5. The van der Waals surface area contributed by atoms with Crippen LogP contribution < -0.4 is 0 Å². The third kappa shape index (κ3) is 2.29. The van der Waals surface area contributed by atoms with Gasteiger partial charge in [0, 0.05) is 12.8 Å². The smallest absolute Gasteiger partial charge is 0.175 e. The van der Waals surface area contributed by atoms with Gasteiger partial charge in [-0.2, -0.15) is 0 Å². The first-order valence-electron chi connectivity index (χ1n) is 5.97. The van der Waals surface area contributed by atoms with Crippen LogP contribution in [0.25, 0.3) is 0 Å². The fourth-order valence-electron chi connectivity index (χ4n) is 2.25. The summed E-state index contributed by atoms with van der Waals surface area (Å²) in [7, 11) is -3.16. The number of nitrogens with zero attached hydrogens (tertiary/aromatic N) is 2. The third-order valence-electron chi connectivity index (χ3n) is 3.24. The van der Waals surface area contributed by atoms with Gasteiger partial charge >= 0.3 is 0 Å². The maximum atomic E-state index is 11.4. The Morgan fingerprint density at radius 3 is 2.74 bits per heavy atom. The van der Waals surface area contributed by atoms with Crippen molar-refractivity contribution in [1.82, 2.24) is 9.55 Å². The molecule has 1 aromatic heterocycles. The van der Waals surface area contributed by atoms with Crippen molar-refractivity contribution in [2.45, 2.75) is 17.5 Å². The minimum atomic E-state index is -3.16. The van der Waals surface area contributed by atoms with Crippen molar-refractivity contribution in [3.8, 4) is 0 Å². The van der Waals surface area contributed by atoms with Gasteiger partial charge in [0.2, 0.25) is 0 Å². The maximum absolute atomic E-state index is 11.4. The van der Waals surface area contributed by atoms with Crippen molar-refractivity contribution in [3.05, 3.63) is 48.0 Å². The molecule has 3 rings (SSSR count). The Kier molecular flexibility index (Phi) is 2.91. The number of imidazole rings is 1. The fourth-order valence-corrected chi connectivity index (χ4v) is 2.88. The molecule has 0 radical (unpaired) electrons. The quantitative estimate of drug-likeness (QED) is 0.833. The van der Waals surface area contributed by atoms with Gasteiger partial charge in [-0.25, -0.2) is 13.4 Å². The second-order valence-corrected chi connectivity index (χ2v) is 6.62. The number of rotatable bonds is 2. The van der Waals surface area contributed by atoms with E-state index in [9.17, 15) is 8.42 Å². The molecule has 1 atom stereocenters. The van der Waals surface area contributed by atoms with Crippen LogP contribution in [0.5, 0.6) is 0 Å². The SMILES string of the molecule is CS(=O)(=O)c1ccc(C2OCCn3cncc32)cc1. The van der Waals surface area contributed by atoms with E-state index in [0.717, 1.165) is 17.8 Å². The fraction of sp³-hybridized carbons (Fsp3) is 0.308. The van der Waals surface area contributed by atoms with Gasteiger partial charge in [-0.15, -0.1) is 0 Å². The summed E-state index contributed by atoms with van der Waals surface area (Å²) in [6.07, 6.45) is 4.60. The third-order valence-corrected chi connectivity index (χ3v) is 4.37. The van der Waals surface area contributed by atoms with E-state index in [-0.39, 0.29) is 6.10 Å². The molecule has 1 aliphatic rings. The lowest BCUT2D eigenvalue weighted by atomic mass is 10.1. The van der Waals surface area contributed by atoms with Gasteiger partial charge < -0.3 is 9.30 Å². The highest BCUT2D eigenvalue weighted by molar-refractivity contribution is 7.90. The van der Waals surface area contributed by atoms with Crippen LogP contribution in [-0.2, 0) is 21.1 Å². The van der Waals surface area contributed by atoms with Crippen LogP contribution in [0.2, 0.25) is 0 Å². The molecule has 0 saturated carbocycles. The Morgan fingerprint density at radius 1 is 1.32 bits per heavy atom. The molecule has 0 N–H and O–H groups in total. The summed E-state index contributed by atoms with van der Waals surface area (Å²) < 4.78 is 30.7. The summed E-state index contributed by atoms with van der Waals surface area (Å²) in [4.78, 5) is 4.44. The van der Waals surface area contributed by atoms with E-state index in [0.29, 0.717) is 11.5 Å². The van der Waals surface area contributed by atoms with E-state index >= 15 is 0 Å². The van der Waals surface area contributed by atoms with Crippen LogP contribution in [0.15, 0.2) is 41.7 Å². The average molecular weight is 278 g/mol. The molecule has 1 aromatic carbocycles. The van der Waals surface area contributed by atoms with Gasteiger partial charge in [0.05, 0.1) is 29.7 Å². The summed E-state index contributed by atoms with van der Waals surface area (Å²) in [5, 5.41) is 0. The second-order valence-electron chi connectivity index (χ2n) is 4.60. The molecule has 19 heavy (non-hydrogen) atoms. The highest BCUT2D eigenvalue weighted by atomic mass is 32.2. The predicted molar refractivity (Wildman–Crippen MR) is 69.6 cm³/mol. The number of aromatic nitrogens is 2. The number of hydrogen-bond donors (Lipinski definition) is 0. The van der Waals surface area contributed by atoms with Crippen LogP contribution in [0.1, 0.15) is 17.4 Å². The zero-order valence-electron chi connectivity index (χ0n) is 10.5. The standard InChI is InChI=1S/C13H14N2O3S/c1-19(16,17)11-4-2-10(3-5-11)13-12-8-14-9-15(12)6-7-18-13/h2-5,8-9,13H,6-7H2,1H3. The van der Waals surface area contributed by atoms with E-state index < -0.39 is 9.84 Å². The molecule has 0 fully saturated rings. The molecule has 0 saturated heterocycles. The molecule has 0 spiro atoms. The summed E-state index contributed by atoms with van der Waals surface area (Å²) in [5.41, 5.74) is 1.94. The Bertz CT molecular complexity index is 689. The Balaban J connectivity index is 1.97. The van der Waals surface area contributed by atoms with Crippen molar-refractivity contribution in [2.24, 2.45) is 0 Å². The van der Waals surface area contributed by atoms with Crippen LogP contribution in [-0.4, -0.2) is 30.8 Å². The number of benzene rings is 1. The molecule has 1 unspecified atom stereocenters. The van der Waals surface area contributed by atoms with E-state index in [1.807, 2.05) is 0 Å². The summed E-state index contributed by atoms with van der Waals surface area (Å²) in [6.45, 7) is 1.43. The first-order valence-corrected chi connectivity index (χ1v) is 7.86. The van der Waals surface area contributed by atoms with Crippen molar-refractivity contribution < 1.29 is 13.2 Å². The van der Waals surface area contributed by atoms with Gasteiger partial charge in [-0.05, 0) is 17.7 Å². The van der Waals surface area contributed by atoms with Gasteiger partial charge in [-0.1, -0.05) is 12.1 Å². The van der Waals surface area contributed by atoms with E-state index in [4.69, 9.17) is 4.74 Å². The van der Waals surface area contributed by atoms with Crippen LogP contribution in [0.4, 0.5) is 0 Å². The molecule has 100 valence electrons. The largest absolute Gasteiger partial charge is 0.365 e. The summed E-state index contributed by atoms with van der Waals surface area (Å²) in [5.74, 6) is 0. The van der Waals surface area contributed by atoms with E-state index in [1.165, 1.54) is 6.26 Å². The van der Waals surface area contributed by atoms with Crippen LogP contribution in [0.3, 0.4) is 0 Å². The minimum Gasteiger partial charge on any atom is -0.365 e. The van der Waals surface area contributed by atoms with Crippen molar-refractivity contribution >= 4 is 9.84 Å². The molecule has 2 aromatic rings. The lowest BCUT2D eigenvalue weighted by Gasteiger charge is -2.25. The highest BCUT2D eigenvalue weighted by Crippen LogP contribution is 2.29. The molecule has 0 amide bonds. The number of hydrogen-bond acceptors (Lipinski definition) is 4. The van der Waals surface area contributed by atoms with Gasteiger partial charge in [0.25, 0.3) is 0 Å². The molecule has 6 heteroatoms. The molecular weight excluding hydrogens is 264 g/mol. The van der Waals surface area contributed by atoms with Gasteiger partial charge in [-0.3, -0.25) is 0 Å². The topological polar surface area (TPSA) is 61.2 Å². The van der Waals surface area contributed by atoms with E-state index in [2.05, 4.69) is 9.55 Å². The lowest BCUT2D eigenvalue weighted by Crippen LogP contribution is -2.21. The van der Waals surface area contributed by atoms with Crippen molar-refractivity contribution in [2.75, 3.05) is 12.9 Å². The number of fused-ring (bicyclic) bond motifs is 1. The van der Waals surface area contributed by atoms with Crippen molar-refractivity contribution in [3.63, 3.8) is 0 Å². The Labute approximate surface area is 111 Å². The lowest BCUT2D eigenvalue weighted by molar-refractivity contribution is 0.0464. The monoisotopic (exact) mass is 278 g/mol. The van der Waals surface area contributed by atoms with Crippen LogP contribution >= 0.6 is 0 Å². The van der Waals surface area contributed by atoms with Crippen molar-refractivity contribution in [1.29, 1.82) is 0 Å². The Hall–Kier alpha value is -1.66. The first-order chi connectivity index (χ1) is 9.05. The summed E-state index contributed by atoms with van der Waals surface area (Å²) in [6, 6.07) is 6.82. The molecule has 0 bridgehead atoms. The predicted octanol–water partition coefficient (Wildman–Crippen LogP) is 1.41. The van der Waals surface area contributed by atoms with Crippen LogP contribution in [0, 0.1) is 0 Å². The summed E-state index contributed by atoms with van der Waals surface area (Å²) >= 11 is 0. The normalized spacial score (nSPS) is 19.1. The molecule has 1 aliphatic heterocycles. The molecule has 5 nitrogen and oxygen atoms in total. The molecule has 0 aliphatic carbocycles.